The number of hydrogen-bond acceptors (Lipinski definition) is 2. The molecular formula is C12H16Cl2N2O. The summed E-state index contributed by atoms with van der Waals surface area (Å²) in [6, 6.07) is 7.51. The summed E-state index contributed by atoms with van der Waals surface area (Å²) in [5.41, 5.74) is 6.29. The highest BCUT2D eigenvalue weighted by atomic mass is 35.5. The fourth-order valence-electron chi connectivity index (χ4n) is 1.71. The lowest BCUT2D eigenvalue weighted by Gasteiger charge is -2.21. The van der Waals surface area contributed by atoms with Crippen molar-refractivity contribution in [1.82, 2.24) is 4.90 Å². The van der Waals surface area contributed by atoms with Crippen LogP contribution >= 0.6 is 24.0 Å². The molecule has 0 heterocycles. The molecule has 1 aliphatic carbocycles. The van der Waals surface area contributed by atoms with Crippen LogP contribution in [-0.4, -0.2) is 23.4 Å². The third-order valence-electron chi connectivity index (χ3n) is 2.87. The zero-order valence-electron chi connectivity index (χ0n) is 9.65. The first-order valence-corrected chi connectivity index (χ1v) is 5.68. The molecule has 1 aliphatic rings. The van der Waals surface area contributed by atoms with E-state index in [2.05, 4.69) is 0 Å². The average molecular weight is 275 g/mol. The molecule has 5 heteroatoms. The summed E-state index contributed by atoms with van der Waals surface area (Å²) < 4.78 is 0. The van der Waals surface area contributed by atoms with Crippen LogP contribution in [0.15, 0.2) is 24.3 Å². The van der Waals surface area contributed by atoms with Crippen LogP contribution in [0.3, 0.4) is 0 Å². The Labute approximate surface area is 112 Å². The number of hydrogen-bond donors (Lipinski definition) is 1. The quantitative estimate of drug-likeness (QED) is 0.919. The average Bonchev–Trinajstić information content (AvgIpc) is 2.96. The van der Waals surface area contributed by atoms with E-state index in [9.17, 15) is 4.79 Å². The third kappa shape index (κ3) is 3.35. The summed E-state index contributed by atoms with van der Waals surface area (Å²) in [6.45, 7) is 0.554. The van der Waals surface area contributed by atoms with Crippen molar-refractivity contribution in [2.45, 2.75) is 24.9 Å². The van der Waals surface area contributed by atoms with Crippen LogP contribution in [0.25, 0.3) is 0 Å². The predicted octanol–water partition coefficient (Wildman–Crippen LogP) is 2.21. The zero-order chi connectivity index (χ0) is 11.8. The molecule has 17 heavy (non-hydrogen) atoms. The van der Waals surface area contributed by atoms with E-state index in [0.717, 1.165) is 18.4 Å². The summed E-state index contributed by atoms with van der Waals surface area (Å²) in [6.07, 6.45) is 1.59. The van der Waals surface area contributed by atoms with Gasteiger partial charge in [0.25, 0.3) is 0 Å². The zero-order valence-corrected chi connectivity index (χ0v) is 11.2. The summed E-state index contributed by atoms with van der Waals surface area (Å²) in [5.74, 6) is 0.0208. The molecule has 1 fully saturated rings. The number of benzene rings is 1. The summed E-state index contributed by atoms with van der Waals surface area (Å²) in [5, 5.41) is 0.687. The molecule has 0 spiro atoms. The largest absolute Gasteiger partial charge is 0.340 e. The van der Waals surface area contributed by atoms with E-state index >= 15 is 0 Å². The predicted molar refractivity (Wildman–Crippen MR) is 71.3 cm³/mol. The molecule has 0 unspecified atom stereocenters. The number of carbonyl (C=O) groups is 1. The number of carbonyl (C=O) groups excluding carboxylic acids is 1. The van der Waals surface area contributed by atoms with Gasteiger partial charge in [0, 0.05) is 18.6 Å². The second kappa shape index (κ2) is 5.25. The molecule has 2 N–H and O–H groups in total. The molecule has 0 bridgehead atoms. The van der Waals surface area contributed by atoms with Crippen molar-refractivity contribution in [2.24, 2.45) is 5.73 Å². The molecule has 0 radical (unpaired) electrons. The van der Waals surface area contributed by atoms with E-state index in [4.69, 9.17) is 17.3 Å². The Bertz CT molecular complexity index is 419. The Morgan fingerprint density at radius 2 is 2.18 bits per heavy atom. The number of likely N-dealkylation sites (N-methyl/N-ethyl adjacent to an activating group) is 1. The van der Waals surface area contributed by atoms with Crippen LogP contribution in [0.2, 0.25) is 5.02 Å². The highest BCUT2D eigenvalue weighted by Crippen LogP contribution is 2.34. The minimum Gasteiger partial charge on any atom is -0.340 e. The maximum Gasteiger partial charge on any atom is 0.242 e. The molecule has 0 atom stereocenters. The van der Waals surface area contributed by atoms with Crippen molar-refractivity contribution in [3.8, 4) is 0 Å². The van der Waals surface area contributed by atoms with E-state index in [0.29, 0.717) is 11.6 Å². The first kappa shape index (κ1) is 14.3. The molecule has 1 aromatic rings. The van der Waals surface area contributed by atoms with Gasteiger partial charge < -0.3 is 10.6 Å². The minimum absolute atomic E-state index is 0. The van der Waals surface area contributed by atoms with Gasteiger partial charge in [0.15, 0.2) is 0 Å². The Kier molecular flexibility index (Phi) is 4.42. The van der Waals surface area contributed by atoms with Crippen LogP contribution in [0.1, 0.15) is 18.4 Å². The lowest BCUT2D eigenvalue weighted by Crippen LogP contribution is -2.43. The van der Waals surface area contributed by atoms with Gasteiger partial charge in [-0.15, -0.1) is 12.4 Å². The summed E-state index contributed by atoms with van der Waals surface area (Å²) >= 11 is 5.88. The van der Waals surface area contributed by atoms with Crippen molar-refractivity contribution >= 4 is 29.9 Å². The molecule has 3 nitrogen and oxygen atoms in total. The lowest BCUT2D eigenvalue weighted by atomic mass is 10.2. The Morgan fingerprint density at radius 1 is 1.53 bits per heavy atom. The number of rotatable bonds is 3. The van der Waals surface area contributed by atoms with E-state index in [1.807, 2.05) is 24.3 Å². The van der Waals surface area contributed by atoms with Gasteiger partial charge in [-0.2, -0.15) is 0 Å². The Balaban J connectivity index is 0.00000144. The van der Waals surface area contributed by atoms with Crippen molar-refractivity contribution < 1.29 is 4.79 Å². The molecule has 0 aliphatic heterocycles. The van der Waals surface area contributed by atoms with Crippen molar-refractivity contribution in [2.75, 3.05) is 7.05 Å². The Hall–Kier alpha value is -0.770. The summed E-state index contributed by atoms with van der Waals surface area (Å²) in [4.78, 5) is 13.5. The van der Waals surface area contributed by atoms with Gasteiger partial charge in [0.2, 0.25) is 5.91 Å². The van der Waals surface area contributed by atoms with E-state index in [1.165, 1.54) is 0 Å². The first-order valence-electron chi connectivity index (χ1n) is 5.30. The monoisotopic (exact) mass is 274 g/mol. The molecule has 94 valence electrons. The molecule has 1 amide bonds. The normalized spacial score (nSPS) is 15.9. The standard InChI is InChI=1S/C12H15ClN2O.ClH/c1-15(11(16)12(14)5-6-12)8-9-3-2-4-10(13)7-9;/h2-4,7H,5-6,8,14H2,1H3;1H. The van der Waals surface area contributed by atoms with Crippen LogP contribution in [0, 0.1) is 0 Å². The number of nitrogens with zero attached hydrogens (tertiary/aromatic N) is 1. The van der Waals surface area contributed by atoms with Gasteiger partial charge in [-0.05, 0) is 30.5 Å². The number of amides is 1. The van der Waals surface area contributed by atoms with Crippen molar-refractivity contribution in [3.63, 3.8) is 0 Å². The lowest BCUT2D eigenvalue weighted by molar-refractivity contribution is -0.132. The highest BCUT2D eigenvalue weighted by Gasteiger charge is 2.47. The number of nitrogens with two attached hydrogens (primary N) is 1. The maximum absolute atomic E-state index is 11.9. The van der Waals surface area contributed by atoms with Crippen molar-refractivity contribution in [1.29, 1.82) is 0 Å². The fraction of sp³-hybridized carbons (Fsp3) is 0.417. The third-order valence-corrected chi connectivity index (χ3v) is 3.11. The highest BCUT2D eigenvalue weighted by molar-refractivity contribution is 6.30. The molecule has 0 saturated heterocycles. The van der Waals surface area contributed by atoms with Crippen LogP contribution < -0.4 is 5.73 Å². The Morgan fingerprint density at radius 3 is 2.71 bits per heavy atom. The SMILES string of the molecule is CN(Cc1cccc(Cl)c1)C(=O)C1(N)CC1.Cl. The van der Waals surface area contributed by atoms with Gasteiger partial charge in [-0.1, -0.05) is 23.7 Å². The molecule has 2 rings (SSSR count). The number of halogens is 2. The molecule has 0 aromatic heterocycles. The fourth-order valence-corrected chi connectivity index (χ4v) is 1.92. The molecular weight excluding hydrogens is 259 g/mol. The second-order valence-corrected chi connectivity index (χ2v) is 4.88. The van der Waals surface area contributed by atoms with Crippen LogP contribution in [0.4, 0.5) is 0 Å². The second-order valence-electron chi connectivity index (χ2n) is 4.45. The minimum atomic E-state index is -0.590. The first-order chi connectivity index (χ1) is 7.51. The van der Waals surface area contributed by atoms with Crippen LogP contribution in [0.5, 0.6) is 0 Å². The van der Waals surface area contributed by atoms with Gasteiger partial charge >= 0.3 is 0 Å². The maximum atomic E-state index is 11.9. The van der Waals surface area contributed by atoms with E-state index < -0.39 is 5.54 Å². The van der Waals surface area contributed by atoms with E-state index in [-0.39, 0.29) is 18.3 Å². The van der Waals surface area contributed by atoms with Gasteiger partial charge in [0.1, 0.15) is 0 Å². The van der Waals surface area contributed by atoms with Gasteiger partial charge in [-0.25, -0.2) is 0 Å². The van der Waals surface area contributed by atoms with Gasteiger partial charge in [-0.3, -0.25) is 4.79 Å². The molecule has 1 aromatic carbocycles. The van der Waals surface area contributed by atoms with Gasteiger partial charge in [0.05, 0.1) is 5.54 Å². The summed E-state index contributed by atoms with van der Waals surface area (Å²) in [7, 11) is 1.77. The topological polar surface area (TPSA) is 46.3 Å². The van der Waals surface area contributed by atoms with Crippen LogP contribution in [-0.2, 0) is 11.3 Å². The smallest absolute Gasteiger partial charge is 0.242 e. The molecule has 1 saturated carbocycles. The van der Waals surface area contributed by atoms with Crippen molar-refractivity contribution in [3.05, 3.63) is 34.9 Å². The van der Waals surface area contributed by atoms with E-state index in [1.54, 1.807) is 11.9 Å².